The molecule has 3 atom stereocenters. The largest absolute Gasteiger partial charge is 0.478 e. The van der Waals surface area contributed by atoms with Gasteiger partial charge >= 0.3 is 5.97 Å². The molecule has 20 heavy (non-hydrogen) atoms. The van der Waals surface area contributed by atoms with Gasteiger partial charge in [0.05, 0.1) is 18.3 Å². The topological polar surface area (TPSA) is 46.5 Å². The third kappa shape index (κ3) is 3.57. The Morgan fingerprint density at radius 3 is 2.70 bits per heavy atom. The summed E-state index contributed by atoms with van der Waals surface area (Å²) in [7, 11) is 0. The molecule has 0 saturated heterocycles. The van der Waals surface area contributed by atoms with E-state index in [0.29, 0.717) is 18.1 Å². The highest BCUT2D eigenvalue weighted by Gasteiger charge is 2.25. The van der Waals surface area contributed by atoms with Crippen LogP contribution in [-0.2, 0) is 11.3 Å². The van der Waals surface area contributed by atoms with Crippen LogP contribution in [0.25, 0.3) is 0 Å². The first-order valence-corrected chi connectivity index (χ1v) is 7.10. The van der Waals surface area contributed by atoms with Gasteiger partial charge in [-0.1, -0.05) is 19.9 Å². The number of carboxylic acids is 1. The van der Waals surface area contributed by atoms with Gasteiger partial charge in [0.25, 0.3) is 0 Å². The summed E-state index contributed by atoms with van der Waals surface area (Å²) >= 11 is 0. The van der Waals surface area contributed by atoms with Crippen LogP contribution in [-0.4, -0.2) is 17.2 Å². The molecule has 0 aliphatic heterocycles. The lowest BCUT2D eigenvalue weighted by Gasteiger charge is -2.32. The molecule has 1 saturated carbocycles. The summed E-state index contributed by atoms with van der Waals surface area (Å²) in [5, 5.41) is 8.77. The number of carboxylic acid groups (broad SMARTS) is 1. The quantitative estimate of drug-likeness (QED) is 0.910. The molecule has 0 heterocycles. The molecule has 0 bridgehead atoms. The van der Waals surface area contributed by atoms with Crippen LogP contribution < -0.4 is 0 Å². The van der Waals surface area contributed by atoms with E-state index in [-0.39, 0.29) is 11.7 Å². The molecule has 0 radical (unpaired) electrons. The highest BCUT2D eigenvalue weighted by Crippen LogP contribution is 2.31. The van der Waals surface area contributed by atoms with Crippen molar-refractivity contribution in [1.82, 2.24) is 0 Å². The van der Waals surface area contributed by atoms with Gasteiger partial charge in [-0.15, -0.1) is 0 Å². The van der Waals surface area contributed by atoms with Crippen molar-refractivity contribution in [1.29, 1.82) is 0 Å². The van der Waals surface area contributed by atoms with E-state index in [9.17, 15) is 9.18 Å². The molecule has 3 nitrogen and oxygen atoms in total. The zero-order chi connectivity index (χ0) is 14.7. The van der Waals surface area contributed by atoms with Crippen molar-refractivity contribution in [3.8, 4) is 0 Å². The van der Waals surface area contributed by atoms with Gasteiger partial charge in [0.2, 0.25) is 0 Å². The Kier molecular flexibility index (Phi) is 4.76. The number of hydrogen-bond donors (Lipinski definition) is 1. The molecular weight excluding hydrogens is 259 g/mol. The Labute approximate surface area is 118 Å². The summed E-state index contributed by atoms with van der Waals surface area (Å²) in [6.07, 6.45) is 3.47. The van der Waals surface area contributed by atoms with E-state index in [1.165, 1.54) is 12.1 Å². The second-order valence-corrected chi connectivity index (χ2v) is 5.82. The summed E-state index contributed by atoms with van der Waals surface area (Å²) in [6, 6.07) is 4.15. The Morgan fingerprint density at radius 2 is 2.10 bits per heavy atom. The highest BCUT2D eigenvalue weighted by atomic mass is 19.1. The van der Waals surface area contributed by atoms with Crippen LogP contribution in [0.15, 0.2) is 18.2 Å². The van der Waals surface area contributed by atoms with Crippen molar-refractivity contribution >= 4 is 5.97 Å². The zero-order valence-corrected chi connectivity index (χ0v) is 11.9. The minimum absolute atomic E-state index is 0.225. The van der Waals surface area contributed by atoms with Gasteiger partial charge in [-0.05, 0) is 48.8 Å². The van der Waals surface area contributed by atoms with E-state index in [0.717, 1.165) is 25.2 Å². The third-order valence-corrected chi connectivity index (χ3v) is 4.30. The number of hydrogen-bond acceptors (Lipinski definition) is 2. The summed E-state index contributed by atoms with van der Waals surface area (Å²) in [5.74, 6) is -0.559. The standard InChI is InChI=1S/C16H21FO3/c1-10-3-5-13(7-11(10)2)20-9-12-4-6-14(16(18)19)15(17)8-12/h4,6,8,10-11,13H,3,5,7,9H2,1-2H3,(H,18,19). The number of benzene rings is 1. The Balaban J connectivity index is 1.91. The van der Waals surface area contributed by atoms with E-state index >= 15 is 0 Å². The molecule has 0 aromatic heterocycles. The fraction of sp³-hybridized carbons (Fsp3) is 0.562. The maximum atomic E-state index is 13.5. The highest BCUT2D eigenvalue weighted by molar-refractivity contribution is 5.87. The number of aromatic carboxylic acids is 1. The molecule has 1 aliphatic rings. The predicted octanol–water partition coefficient (Wildman–Crippen LogP) is 3.87. The Bertz CT molecular complexity index is 487. The molecule has 2 rings (SSSR count). The van der Waals surface area contributed by atoms with Crippen LogP contribution in [0.4, 0.5) is 4.39 Å². The average molecular weight is 280 g/mol. The van der Waals surface area contributed by atoms with Gasteiger partial charge in [-0.3, -0.25) is 0 Å². The van der Waals surface area contributed by atoms with Crippen LogP contribution in [0.1, 0.15) is 49.0 Å². The third-order valence-electron chi connectivity index (χ3n) is 4.30. The molecule has 1 fully saturated rings. The van der Waals surface area contributed by atoms with Gasteiger partial charge < -0.3 is 9.84 Å². The van der Waals surface area contributed by atoms with E-state index in [1.807, 2.05) is 0 Å². The molecule has 1 N–H and O–H groups in total. The number of carbonyl (C=O) groups is 1. The maximum absolute atomic E-state index is 13.5. The number of rotatable bonds is 4. The lowest BCUT2D eigenvalue weighted by molar-refractivity contribution is -0.00755. The number of halogens is 1. The molecule has 1 aromatic carbocycles. The molecule has 1 aromatic rings. The summed E-state index contributed by atoms with van der Waals surface area (Å²) in [5.41, 5.74) is 0.382. The van der Waals surface area contributed by atoms with E-state index in [1.54, 1.807) is 6.07 Å². The molecule has 0 amide bonds. The van der Waals surface area contributed by atoms with Crippen molar-refractivity contribution in [2.75, 3.05) is 0 Å². The van der Waals surface area contributed by atoms with Crippen molar-refractivity contribution < 1.29 is 19.0 Å². The molecule has 110 valence electrons. The van der Waals surface area contributed by atoms with Crippen molar-refractivity contribution in [2.45, 2.75) is 45.8 Å². The summed E-state index contributed by atoms with van der Waals surface area (Å²) in [6.45, 7) is 4.84. The monoisotopic (exact) mass is 280 g/mol. The smallest absolute Gasteiger partial charge is 0.338 e. The molecule has 4 heteroatoms. The van der Waals surface area contributed by atoms with E-state index < -0.39 is 11.8 Å². The van der Waals surface area contributed by atoms with Gasteiger partial charge in [-0.2, -0.15) is 0 Å². The van der Waals surface area contributed by atoms with Crippen LogP contribution in [0.3, 0.4) is 0 Å². The Hall–Kier alpha value is -1.42. The second kappa shape index (κ2) is 6.35. The first-order valence-electron chi connectivity index (χ1n) is 7.10. The van der Waals surface area contributed by atoms with Crippen LogP contribution in [0.5, 0.6) is 0 Å². The summed E-state index contributed by atoms with van der Waals surface area (Å²) < 4.78 is 19.4. The summed E-state index contributed by atoms with van der Waals surface area (Å²) in [4.78, 5) is 10.7. The maximum Gasteiger partial charge on any atom is 0.338 e. The molecule has 0 spiro atoms. The first kappa shape index (κ1) is 15.0. The minimum Gasteiger partial charge on any atom is -0.478 e. The first-order chi connectivity index (χ1) is 9.47. The van der Waals surface area contributed by atoms with Gasteiger partial charge in [0, 0.05) is 0 Å². The minimum atomic E-state index is -1.25. The predicted molar refractivity (Wildman–Crippen MR) is 74.1 cm³/mol. The van der Waals surface area contributed by atoms with E-state index in [2.05, 4.69) is 13.8 Å². The molecular formula is C16H21FO3. The number of ether oxygens (including phenoxy) is 1. The van der Waals surface area contributed by atoms with Crippen LogP contribution in [0.2, 0.25) is 0 Å². The fourth-order valence-electron chi connectivity index (χ4n) is 2.69. The SMILES string of the molecule is CC1CCC(OCc2ccc(C(=O)O)c(F)c2)CC1C. The lowest BCUT2D eigenvalue weighted by atomic mass is 9.80. The van der Waals surface area contributed by atoms with Gasteiger partial charge in [-0.25, -0.2) is 9.18 Å². The molecule has 1 aliphatic carbocycles. The van der Waals surface area contributed by atoms with Gasteiger partial charge in [0.1, 0.15) is 5.82 Å². The normalized spacial score (nSPS) is 26.4. The van der Waals surface area contributed by atoms with Gasteiger partial charge in [0.15, 0.2) is 0 Å². The van der Waals surface area contributed by atoms with E-state index in [4.69, 9.17) is 9.84 Å². The zero-order valence-electron chi connectivity index (χ0n) is 11.9. The van der Waals surface area contributed by atoms with Crippen molar-refractivity contribution in [3.63, 3.8) is 0 Å². The van der Waals surface area contributed by atoms with Crippen LogP contribution in [0, 0.1) is 17.7 Å². The average Bonchev–Trinajstić information content (AvgIpc) is 2.40. The van der Waals surface area contributed by atoms with Crippen LogP contribution >= 0.6 is 0 Å². The lowest BCUT2D eigenvalue weighted by Crippen LogP contribution is -2.26. The second-order valence-electron chi connectivity index (χ2n) is 5.82. The molecule has 3 unspecified atom stereocenters. The van der Waals surface area contributed by atoms with Crippen molar-refractivity contribution in [3.05, 3.63) is 35.1 Å². The fourth-order valence-corrected chi connectivity index (χ4v) is 2.69. The van der Waals surface area contributed by atoms with Crippen molar-refractivity contribution in [2.24, 2.45) is 11.8 Å². The Morgan fingerprint density at radius 1 is 1.35 bits per heavy atom.